The Balaban J connectivity index is 0. The Bertz CT molecular complexity index is 453. The van der Waals surface area contributed by atoms with Gasteiger partial charge < -0.3 is 5.73 Å². The Kier molecular flexibility index (Phi) is 10.3. The molecule has 102 valence electrons. The summed E-state index contributed by atoms with van der Waals surface area (Å²) in [6.45, 7) is 15.5. The van der Waals surface area contributed by atoms with Gasteiger partial charge in [0.25, 0.3) is 5.70 Å². The van der Waals surface area contributed by atoms with Crippen LogP contribution in [0, 0.1) is 10.1 Å². The monoisotopic (exact) mass is 262 g/mol. The Labute approximate surface area is 113 Å². The normalized spacial score (nSPS) is 10.1. The zero-order chi connectivity index (χ0) is 15.4. The molecule has 0 radical (unpaired) electrons. The molecule has 0 rings (SSSR count). The van der Waals surface area contributed by atoms with Crippen LogP contribution in [0.5, 0.6) is 0 Å². The van der Waals surface area contributed by atoms with Crippen LogP contribution in [0.3, 0.4) is 0 Å². The van der Waals surface area contributed by atoms with Gasteiger partial charge in [0.1, 0.15) is 0 Å². The summed E-state index contributed by atoms with van der Waals surface area (Å²) in [6, 6.07) is 0. The van der Waals surface area contributed by atoms with Gasteiger partial charge in [-0.25, -0.2) is 0 Å². The summed E-state index contributed by atoms with van der Waals surface area (Å²) in [5.74, 6) is -0.333. The van der Waals surface area contributed by atoms with Crippen molar-refractivity contribution >= 4 is 5.91 Å². The van der Waals surface area contributed by atoms with E-state index in [1.165, 1.54) is 13.0 Å². The minimum atomic E-state index is -0.525. The molecule has 19 heavy (non-hydrogen) atoms. The van der Waals surface area contributed by atoms with E-state index in [1.54, 1.807) is 18.2 Å². The molecule has 0 heterocycles. The highest BCUT2D eigenvalue weighted by Gasteiger charge is 2.05. The molecule has 1 amide bonds. The minimum absolute atomic E-state index is 0.104. The summed E-state index contributed by atoms with van der Waals surface area (Å²) < 4.78 is 0. The van der Waals surface area contributed by atoms with E-state index < -0.39 is 4.92 Å². The number of nitro groups is 1. The lowest BCUT2D eigenvalue weighted by Crippen LogP contribution is -2.01. The van der Waals surface area contributed by atoms with E-state index in [-0.39, 0.29) is 11.6 Å². The zero-order valence-electron chi connectivity index (χ0n) is 11.0. The third kappa shape index (κ3) is 11.6. The second-order valence-electron chi connectivity index (χ2n) is 3.29. The first kappa shape index (κ1) is 18.7. The molecule has 0 aromatic rings. The summed E-state index contributed by atoms with van der Waals surface area (Å²) >= 11 is 0. The third-order valence-corrected chi connectivity index (χ3v) is 1.59. The molecule has 5 nitrogen and oxygen atoms in total. The van der Waals surface area contributed by atoms with E-state index in [9.17, 15) is 14.9 Å². The van der Waals surface area contributed by atoms with E-state index in [0.29, 0.717) is 11.1 Å². The van der Waals surface area contributed by atoms with Crippen molar-refractivity contribution in [3.05, 3.63) is 83.7 Å². The predicted molar refractivity (Wildman–Crippen MR) is 77.8 cm³/mol. The lowest BCUT2D eigenvalue weighted by atomic mass is 10.1. The van der Waals surface area contributed by atoms with Crippen LogP contribution >= 0.6 is 0 Å². The molecule has 0 unspecified atom stereocenters. The minimum Gasteiger partial charge on any atom is -0.370 e. The van der Waals surface area contributed by atoms with E-state index in [1.807, 2.05) is 0 Å². The second kappa shape index (κ2) is 10.5. The van der Waals surface area contributed by atoms with Crippen molar-refractivity contribution in [1.82, 2.24) is 0 Å². The molecule has 0 bridgehead atoms. The van der Waals surface area contributed by atoms with Crippen molar-refractivity contribution < 1.29 is 9.72 Å². The van der Waals surface area contributed by atoms with Crippen molar-refractivity contribution in [2.45, 2.75) is 6.92 Å². The van der Waals surface area contributed by atoms with Crippen LogP contribution in [-0.4, -0.2) is 10.8 Å². The Morgan fingerprint density at radius 1 is 1.26 bits per heavy atom. The number of rotatable bonds is 6. The van der Waals surface area contributed by atoms with Crippen molar-refractivity contribution in [1.29, 1.82) is 0 Å². The van der Waals surface area contributed by atoms with E-state index in [0.717, 1.165) is 6.08 Å². The van der Waals surface area contributed by atoms with E-state index in [4.69, 9.17) is 0 Å². The average molecular weight is 262 g/mol. The predicted octanol–water partition coefficient (Wildman–Crippen LogP) is 2.68. The fraction of sp³-hybridized carbons (Fsp3) is 0.0714. The lowest BCUT2D eigenvalue weighted by Gasteiger charge is -1.98. The lowest BCUT2D eigenvalue weighted by molar-refractivity contribution is -0.419. The first-order valence-electron chi connectivity index (χ1n) is 5.18. The summed E-state index contributed by atoms with van der Waals surface area (Å²) in [6.07, 6.45) is 7.43. The molecule has 0 fully saturated rings. The largest absolute Gasteiger partial charge is 0.370 e. The number of hydrogen-bond acceptors (Lipinski definition) is 3. The molecule has 5 heteroatoms. The van der Waals surface area contributed by atoms with Gasteiger partial charge >= 0.3 is 0 Å². The van der Waals surface area contributed by atoms with Gasteiger partial charge in [0, 0.05) is 19.1 Å². The van der Waals surface area contributed by atoms with Gasteiger partial charge in [-0.1, -0.05) is 44.5 Å². The van der Waals surface area contributed by atoms with Crippen LogP contribution in [0.4, 0.5) is 0 Å². The van der Waals surface area contributed by atoms with Gasteiger partial charge in [-0.15, -0.1) is 0 Å². The number of nitrogens with zero attached hydrogens (tertiary/aromatic N) is 1. The number of primary amides is 1. The SMILES string of the molecule is C=C/C=C\C(=C)C(=C)/C=C(\C=C)[N+](=O)[O-].CC(N)=O. The van der Waals surface area contributed by atoms with E-state index >= 15 is 0 Å². The van der Waals surface area contributed by atoms with Crippen molar-refractivity contribution in [3.63, 3.8) is 0 Å². The highest BCUT2D eigenvalue weighted by atomic mass is 16.6. The molecule has 2 N–H and O–H groups in total. The molecule has 0 saturated carbocycles. The standard InChI is InChI=1S/C12H13NO2.C2H5NO/c1-5-7-8-10(3)11(4)9-12(6-2)13(14)15;1-2(3)4/h5-9H,1-4H2;1H3,(H2,3,4)/b8-7-,12-9+;. The van der Waals surface area contributed by atoms with Gasteiger partial charge in [0.2, 0.25) is 5.91 Å². The number of hydrogen-bond donors (Lipinski definition) is 1. The number of carbonyl (C=O) groups is 1. The third-order valence-electron chi connectivity index (χ3n) is 1.59. The van der Waals surface area contributed by atoms with Crippen molar-refractivity contribution in [2.24, 2.45) is 5.73 Å². The van der Waals surface area contributed by atoms with Gasteiger partial charge in [-0.2, -0.15) is 0 Å². The summed E-state index contributed by atoms with van der Waals surface area (Å²) in [7, 11) is 0. The number of amides is 1. The number of carbonyl (C=O) groups excluding carboxylic acids is 1. The quantitative estimate of drug-likeness (QED) is 0.453. The highest BCUT2D eigenvalue weighted by molar-refractivity contribution is 5.70. The van der Waals surface area contributed by atoms with Crippen LogP contribution in [0.2, 0.25) is 0 Å². The number of nitrogens with two attached hydrogens (primary N) is 1. The first-order chi connectivity index (χ1) is 8.76. The molecule has 0 saturated heterocycles. The number of allylic oxidation sites excluding steroid dienone is 7. The fourth-order valence-corrected chi connectivity index (χ4v) is 0.749. The smallest absolute Gasteiger partial charge is 0.269 e. The maximum absolute atomic E-state index is 10.5. The molecule has 0 aliphatic carbocycles. The maximum Gasteiger partial charge on any atom is 0.269 e. The van der Waals surface area contributed by atoms with Gasteiger partial charge in [-0.05, 0) is 11.1 Å². The topological polar surface area (TPSA) is 86.2 Å². The fourth-order valence-electron chi connectivity index (χ4n) is 0.749. The molecular formula is C14H18N2O3. The molecular weight excluding hydrogens is 244 g/mol. The highest BCUT2D eigenvalue weighted by Crippen LogP contribution is 2.12. The Morgan fingerprint density at radius 2 is 1.74 bits per heavy atom. The average Bonchev–Trinajstić information content (AvgIpc) is 2.31. The molecule has 0 aliphatic heterocycles. The molecule has 0 aromatic carbocycles. The first-order valence-corrected chi connectivity index (χ1v) is 5.18. The van der Waals surface area contributed by atoms with Crippen molar-refractivity contribution in [3.8, 4) is 0 Å². The van der Waals surface area contributed by atoms with Gasteiger partial charge in [0.05, 0.1) is 4.92 Å². The van der Waals surface area contributed by atoms with Crippen LogP contribution in [0.25, 0.3) is 0 Å². The van der Waals surface area contributed by atoms with Crippen LogP contribution in [0.15, 0.2) is 73.5 Å². The van der Waals surface area contributed by atoms with Crippen molar-refractivity contribution in [2.75, 3.05) is 0 Å². The van der Waals surface area contributed by atoms with Crippen LogP contribution < -0.4 is 5.73 Å². The molecule has 0 aliphatic rings. The zero-order valence-corrected chi connectivity index (χ0v) is 11.0. The van der Waals surface area contributed by atoms with E-state index in [2.05, 4.69) is 32.0 Å². The Morgan fingerprint density at radius 3 is 2.05 bits per heavy atom. The molecule has 0 atom stereocenters. The summed E-state index contributed by atoms with van der Waals surface area (Å²) in [5, 5.41) is 10.5. The van der Waals surface area contributed by atoms with Gasteiger partial charge in [-0.3, -0.25) is 14.9 Å². The molecule has 0 aromatic heterocycles. The van der Waals surface area contributed by atoms with Crippen LogP contribution in [-0.2, 0) is 4.79 Å². The Hall–Kier alpha value is -2.69. The summed E-state index contributed by atoms with van der Waals surface area (Å²) in [5.41, 5.74) is 5.43. The summed E-state index contributed by atoms with van der Waals surface area (Å²) in [4.78, 5) is 19.2. The van der Waals surface area contributed by atoms with Gasteiger partial charge in [0.15, 0.2) is 0 Å². The van der Waals surface area contributed by atoms with Crippen LogP contribution in [0.1, 0.15) is 6.92 Å². The maximum atomic E-state index is 10.5. The second-order valence-corrected chi connectivity index (χ2v) is 3.29. The molecule has 0 spiro atoms.